The van der Waals surface area contributed by atoms with Crippen LogP contribution in [0.2, 0.25) is 0 Å². The van der Waals surface area contributed by atoms with Gasteiger partial charge in [-0.25, -0.2) is 0 Å². The molecule has 0 saturated carbocycles. The molecular formula is C16H26N4. The van der Waals surface area contributed by atoms with Gasteiger partial charge in [0.05, 0.1) is 23.1 Å². The van der Waals surface area contributed by atoms with Gasteiger partial charge < -0.3 is 16.0 Å². The molecule has 0 unspecified atom stereocenters. The number of nitrogens with zero attached hydrogens (tertiary/aromatic N) is 2. The van der Waals surface area contributed by atoms with E-state index < -0.39 is 0 Å². The molecule has 3 N–H and O–H groups in total. The Balaban J connectivity index is 0.000000956. The van der Waals surface area contributed by atoms with Gasteiger partial charge in [-0.2, -0.15) is 0 Å². The smallest absolute Gasteiger partial charge is 0.0743 e. The van der Waals surface area contributed by atoms with Crippen molar-refractivity contribution in [2.75, 3.05) is 38.2 Å². The summed E-state index contributed by atoms with van der Waals surface area (Å²) in [6.07, 6.45) is 1.72. The van der Waals surface area contributed by atoms with Crippen LogP contribution in [0.25, 0.3) is 10.9 Å². The Kier molecular flexibility index (Phi) is 6.25. The van der Waals surface area contributed by atoms with Crippen LogP contribution < -0.4 is 11.1 Å². The van der Waals surface area contributed by atoms with Crippen LogP contribution in [0, 0.1) is 6.92 Å². The predicted octanol–water partition coefficient (Wildman–Crippen LogP) is 3.13. The highest BCUT2D eigenvalue weighted by Crippen LogP contribution is 2.28. The number of nitrogens with two attached hydrogens (primary N) is 1. The van der Waals surface area contributed by atoms with E-state index in [0.717, 1.165) is 29.7 Å². The third-order valence-electron chi connectivity index (χ3n) is 2.91. The molecule has 110 valence electrons. The van der Waals surface area contributed by atoms with Crippen molar-refractivity contribution in [1.29, 1.82) is 0 Å². The fourth-order valence-electron chi connectivity index (χ4n) is 1.92. The lowest BCUT2D eigenvalue weighted by Gasteiger charge is -2.15. The second-order valence-electron chi connectivity index (χ2n) is 4.84. The summed E-state index contributed by atoms with van der Waals surface area (Å²) in [7, 11) is 4.11. The summed E-state index contributed by atoms with van der Waals surface area (Å²) in [5.41, 5.74) is 9.89. The van der Waals surface area contributed by atoms with Crippen molar-refractivity contribution in [3.05, 3.63) is 30.0 Å². The van der Waals surface area contributed by atoms with E-state index in [0.29, 0.717) is 5.69 Å². The lowest BCUT2D eigenvalue weighted by Crippen LogP contribution is -2.21. The fraction of sp³-hybridized carbons (Fsp3) is 0.438. The summed E-state index contributed by atoms with van der Waals surface area (Å²) in [5.74, 6) is 0. The number of nitrogens with one attached hydrogen (secondary N) is 1. The third-order valence-corrected chi connectivity index (χ3v) is 2.91. The Morgan fingerprint density at radius 3 is 2.60 bits per heavy atom. The van der Waals surface area contributed by atoms with Crippen LogP contribution in [-0.2, 0) is 0 Å². The molecule has 2 aromatic rings. The maximum Gasteiger partial charge on any atom is 0.0743 e. The third kappa shape index (κ3) is 4.10. The van der Waals surface area contributed by atoms with E-state index in [2.05, 4.69) is 48.4 Å². The van der Waals surface area contributed by atoms with Crippen molar-refractivity contribution in [1.82, 2.24) is 9.88 Å². The first-order valence-electron chi connectivity index (χ1n) is 7.11. The first-order chi connectivity index (χ1) is 9.58. The van der Waals surface area contributed by atoms with Gasteiger partial charge in [0.2, 0.25) is 0 Å². The molecule has 0 atom stereocenters. The molecule has 0 saturated heterocycles. The summed E-state index contributed by atoms with van der Waals surface area (Å²) < 4.78 is 0. The van der Waals surface area contributed by atoms with Crippen LogP contribution in [0.15, 0.2) is 24.4 Å². The number of hydrogen-bond acceptors (Lipinski definition) is 4. The van der Waals surface area contributed by atoms with Gasteiger partial charge in [0.1, 0.15) is 0 Å². The SMILES string of the molecule is CC.Cc1ccc2ncc(N)c(NCCN(C)C)c2c1. The van der Waals surface area contributed by atoms with Gasteiger partial charge in [-0.05, 0) is 33.2 Å². The molecule has 0 aliphatic heterocycles. The van der Waals surface area contributed by atoms with E-state index in [1.807, 2.05) is 19.9 Å². The van der Waals surface area contributed by atoms with Crippen molar-refractivity contribution in [2.24, 2.45) is 0 Å². The Hall–Kier alpha value is -1.81. The van der Waals surface area contributed by atoms with E-state index in [9.17, 15) is 0 Å². The Morgan fingerprint density at radius 1 is 1.25 bits per heavy atom. The van der Waals surface area contributed by atoms with E-state index in [4.69, 9.17) is 5.73 Å². The summed E-state index contributed by atoms with van der Waals surface area (Å²) >= 11 is 0. The molecule has 0 bridgehead atoms. The zero-order valence-corrected chi connectivity index (χ0v) is 13.2. The highest BCUT2D eigenvalue weighted by molar-refractivity contribution is 5.97. The lowest BCUT2D eigenvalue weighted by atomic mass is 10.1. The van der Waals surface area contributed by atoms with Crippen molar-refractivity contribution >= 4 is 22.3 Å². The lowest BCUT2D eigenvalue weighted by molar-refractivity contribution is 0.425. The highest BCUT2D eigenvalue weighted by atomic mass is 15.1. The number of pyridine rings is 1. The topological polar surface area (TPSA) is 54.2 Å². The van der Waals surface area contributed by atoms with Crippen LogP contribution in [0.5, 0.6) is 0 Å². The molecule has 1 aromatic heterocycles. The molecule has 0 spiro atoms. The van der Waals surface area contributed by atoms with Gasteiger partial charge in [0.25, 0.3) is 0 Å². The Bertz CT molecular complexity index is 544. The Labute approximate surface area is 122 Å². The standard InChI is InChI=1S/C14H20N4.C2H6/c1-10-4-5-13-11(8-10)14(12(15)9-17-13)16-6-7-18(2)3;1-2/h4-5,8-9H,6-7,15H2,1-3H3,(H,16,17);1-2H3. The van der Waals surface area contributed by atoms with Crippen LogP contribution in [0.3, 0.4) is 0 Å². The average molecular weight is 274 g/mol. The first-order valence-corrected chi connectivity index (χ1v) is 7.11. The van der Waals surface area contributed by atoms with Crippen molar-refractivity contribution in [3.63, 3.8) is 0 Å². The van der Waals surface area contributed by atoms with Crippen LogP contribution in [0.4, 0.5) is 11.4 Å². The van der Waals surface area contributed by atoms with E-state index in [-0.39, 0.29) is 0 Å². The quantitative estimate of drug-likeness (QED) is 0.899. The molecule has 1 heterocycles. The van der Waals surface area contributed by atoms with Gasteiger partial charge >= 0.3 is 0 Å². The molecule has 4 heteroatoms. The van der Waals surface area contributed by atoms with E-state index >= 15 is 0 Å². The zero-order chi connectivity index (χ0) is 15.1. The number of nitrogen functional groups attached to an aromatic ring is 1. The molecule has 2 rings (SSSR count). The summed E-state index contributed by atoms with van der Waals surface area (Å²) in [6.45, 7) is 7.91. The maximum absolute atomic E-state index is 6.01. The van der Waals surface area contributed by atoms with Gasteiger partial charge in [0, 0.05) is 18.5 Å². The number of rotatable bonds is 4. The van der Waals surface area contributed by atoms with Gasteiger partial charge in [-0.15, -0.1) is 0 Å². The molecular weight excluding hydrogens is 248 g/mol. The Morgan fingerprint density at radius 2 is 1.95 bits per heavy atom. The van der Waals surface area contributed by atoms with Crippen molar-refractivity contribution < 1.29 is 0 Å². The second-order valence-corrected chi connectivity index (χ2v) is 4.84. The summed E-state index contributed by atoms with van der Waals surface area (Å²) in [6, 6.07) is 6.22. The molecule has 1 aromatic carbocycles. The van der Waals surface area contributed by atoms with Crippen LogP contribution >= 0.6 is 0 Å². The molecule has 0 amide bonds. The van der Waals surface area contributed by atoms with Crippen LogP contribution in [-0.4, -0.2) is 37.1 Å². The monoisotopic (exact) mass is 274 g/mol. The normalized spacial score (nSPS) is 10.3. The molecule has 0 aliphatic carbocycles. The number of aryl methyl sites for hydroxylation is 1. The zero-order valence-electron chi connectivity index (χ0n) is 13.2. The fourth-order valence-corrected chi connectivity index (χ4v) is 1.92. The molecule has 0 radical (unpaired) electrons. The molecule has 0 aliphatic rings. The first kappa shape index (κ1) is 16.2. The second kappa shape index (κ2) is 7.70. The van der Waals surface area contributed by atoms with Gasteiger partial charge in [0.15, 0.2) is 0 Å². The molecule has 20 heavy (non-hydrogen) atoms. The number of aromatic nitrogens is 1. The number of likely N-dealkylation sites (N-methyl/N-ethyl adjacent to an activating group) is 1. The van der Waals surface area contributed by atoms with Gasteiger partial charge in [-0.1, -0.05) is 25.5 Å². The number of hydrogen-bond donors (Lipinski definition) is 2. The minimum absolute atomic E-state index is 0.701. The predicted molar refractivity (Wildman–Crippen MR) is 89.3 cm³/mol. The number of fused-ring (bicyclic) bond motifs is 1. The highest BCUT2D eigenvalue weighted by Gasteiger charge is 2.06. The summed E-state index contributed by atoms with van der Waals surface area (Å²) in [5, 5.41) is 4.50. The average Bonchev–Trinajstić information content (AvgIpc) is 2.43. The van der Waals surface area contributed by atoms with E-state index in [1.165, 1.54) is 5.56 Å². The molecule has 0 fully saturated rings. The maximum atomic E-state index is 6.01. The summed E-state index contributed by atoms with van der Waals surface area (Å²) in [4.78, 5) is 6.49. The number of anilines is 2. The van der Waals surface area contributed by atoms with Crippen LogP contribution in [0.1, 0.15) is 19.4 Å². The minimum atomic E-state index is 0.701. The van der Waals surface area contributed by atoms with Crippen molar-refractivity contribution in [2.45, 2.75) is 20.8 Å². The largest absolute Gasteiger partial charge is 0.396 e. The minimum Gasteiger partial charge on any atom is -0.396 e. The molecule has 4 nitrogen and oxygen atoms in total. The van der Waals surface area contributed by atoms with Gasteiger partial charge in [-0.3, -0.25) is 4.98 Å². The van der Waals surface area contributed by atoms with E-state index in [1.54, 1.807) is 6.20 Å². The number of benzene rings is 1. The van der Waals surface area contributed by atoms with Crippen molar-refractivity contribution in [3.8, 4) is 0 Å².